The predicted octanol–water partition coefficient (Wildman–Crippen LogP) is 0.866. The van der Waals surface area contributed by atoms with Gasteiger partial charge in [-0.2, -0.15) is 4.57 Å². The first-order valence-corrected chi connectivity index (χ1v) is 7.43. The molecule has 0 bridgehead atoms. The molecule has 0 aromatic carbocycles. The monoisotopic (exact) mass is 273 g/mol. The molecule has 0 amide bonds. The molecule has 1 aromatic rings. The molecule has 0 radical (unpaired) electrons. The minimum atomic E-state index is 0. The van der Waals surface area contributed by atoms with E-state index in [1.807, 2.05) is 11.8 Å². The van der Waals surface area contributed by atoms with Gasteiger partial charge in [-0.15, -0.1) is 0 Å². The van der Waals surface area contributed by atoms with Gasteiger partial charge in [-0.25, -0.2) is 0 Å². The highest BCUT2D eigenvalue weighted by atomic mass is 35.5. The molecule has 3 heteroatoms. The fraction of sp³-hybridized carbons (Fsp3) is 0.643. The molecule has 1 aromatic heterocycles. The van der Waals surface area contributed by atoms with Crippen LogP contribution in [0.25, 0.3) is 0 Å². The molecule has 98 valence electrons. The molecule has 0 aliphatic heterocycles. The van der Waals surface area contributed by atoms with Gasteiger partial charge in [0.25, 0.3) is 0 Å². The maximum absolute atomic E-state index is 2.28. The third-order valence-electron chi connectivity index (χ3n) is 2.88. The van der Waals surface area contributed by atoms with Crippen LogP contribution in [0.1, 0.15) is 43.7 Å². The van der Waals surface area contributed by atoms with Crippen LogP contribution in [0.3, 0.4) is 0 Å². The average molecular weight is 274 g/mol. The summed E-state index contributed by atoms with van der Waals surface area (Å²) in [6.07, 6.45) is 9.90. The highest BCUT2D eigenvalue weighted by molar-refractivity contribution is 7.98. The number of hydrogen-bond donors (Lipinski definition) is 0. The Morgan fingerprint density at radius 2 is 1.88 bits per heavy atom. The van der Waals surface area contributed by atoms with Crippen molar-refractivity contribution in [1.82, 2.24) is 0 Å². The third kappa shape index (κ3) is 6.95. The van der Waals surface area contributed by atoms with E-state index in [-0.39, 0.29) is 12.4 Å². The summed E-state index contributed by atoms with van der Waals surface area (Å²) in [6, 6.07) is 2.20. The van der Waals surface area contributed by atoms with Gasteiger partial charge in [0, 0.05) is 11.6 Å². The summed E-state index contributed by atoms with van der Waals surface area (Å²) in [5, 5.41) is 0. The Labute approximate surface area is 116 Å². The highest BCUT2D eigenvalue weighted by Crippen LogP contribution is 2.08. The van der Waals surface area contributed by atoms with Crippen LogP contribution in [0, 0.1) is 13.8 Å². The largest absolute Gasteiger partial charge is 1.00 e. The van der Waals surface area contributed by atoms with Gasteiger partial charge >= 0.3 is 0 Å². The van der Waals surface area contributed by atoms with Crippen molar-refractivity contribution in [2.45, 2.75) is 52.3 Å². The van der Waals surface area contributed by atoms with Gasteiger partial charge in [0.1, 0.15) is 0 Å². The lowest BCUT2D eigenvalue weighted by molar-refractivity contribution is -0.676. The third-order valence-corrected chi connectivity index (χ3v) is 3.94. The Bertz CT molecular complexity index is 315. The molecule has 1 rings (SSSR count). The average Bonchev–Trinajstić information content (AvgIpc) is 2.28. The molecular weight excluding hydrogens is 250 g/mol. The van der Waals surface area contributed by atoms with Crippen LogP contribution in [0.4, 0.5) is 0 Å². The fourth-order valence-corrected chi connectivity index (χ4v) is 2.52. The van der Waals surface area contributed by atoms with Gasteiger partial charge in [-0.1, -0.05) is 37.9 Å². The van der Waals surface area contributed by atoms with Crippen LogP contribution < -0.4 is 17.0 Å². The summed E-state index contributed by atoms with van der Waals surface area (Å²) >= 11 is 2.03. The molecule has 0 aliphatic rings. The predicted molar refractivity (Wildman–Crippen MR) is 72.7 cm³/mol. The van der Waals surface area contributed by atoms with Gasteiger partial charge in [0.2, 0.25) is 0 Å². The fourth-order valence-electron chi connectivity index (χ4n) is 1.61. The van der Waals surface area contributed by atoms with Crippen molar-refractivity contribution in [1.29, 1.82) is 0 Å². The van der Waals surface area contributed by atoms with Crippen LogP contribution in [-0.4, -0.2) is 5.75 Å². The van der Waals surface area contributed by atoms with Gasteiger partial charge in [0.15, 0.2) is 18.3 Å². The minimum Gasteiger partial charge on any atom is -1.00 e. The number of unbranched alkanes of at least 4 members (excludes halogenated alkanes) is 3. The molecule has 0 saturated carbocycles. The summed E-state index contributed by atoms with van der Waals surface area (Å²) in [5.41, 5.74) is 2.76. The maximum atomic E-state index is 2.28. The van der Waals surface area contributed by atoms with Crippen LogP contribution in [0.5, 0.6) is 0 Å². The van der Waals surface area contributed by atoms with Crippen LogP contribution in [0.2, 0.25) is 0 Å². The standard InChI is InChI=1S/C14H24NS.ClH/c1-4-5-6-7-10-16-12-15-9-8-13(2)14(3)11-15;/h8-9,11H,4-7,10,12H2,1-3H3;1H/q+1;/p-1. The summed E-state index contributed by atoms with van der Waals surface area (Å²) in [4.78, 5) is 0. The zero-order valence-electron chi connectivity index (χ0n) is 11.2. The van der Waals surface area contributed by atoms with Crippen LogP contribution in [0.15, 0.2) is 18.5 Å². The number of rotatable bonds is 7. The molecular formula is C14H24ClNS. The lowest BCUT2D eigenvalue weighted by atomic mass is 10.2. The van der Waals surface area contributed by atoms with Gasteiger partial charge in [-0.05, 0) is 31.6 Å². The summed E-state index contributed by atoms with van der Waals surface area (Å²) in [5.74, 6) is 2.38. The van der Waals surface area contributed by atoms with Crippen molar-refractivity contribution in [3.05, 3.63) is 29.6 Å². The zero-order chi connectivity index (χ0) is 11.8. The number of nitrogens with zero attached hydrogens (tertiary/aromatic N) is 1. The topological polar surface area (TPSA) is 3.88 Å². The van der Waals surface area contributed by atoms with Gasteiger partial charge < -0.3 is 12.4 Å². The SMILES string of the molecule is CCCCCCSC[n+]1ccc(C)c(C)c1.[Cl-]. The van der Waals surface area contributed by atoms with E-state index in [2.05, 4.69) is 43.8 Å². The van der Waals surface area contributed by atoms with E-state index in [0.717, 1.165) is 5.88 Å². The number of halogens is 1. The zero-order valence-corrected chi connectivity index (χ0v) is 12.8. The highest BCUT2D eigenvalue weighted by Gasteiger charge is 2.02. The molecule has 0 aliphatic carbocycles. The van der Waals surface area contributed by atoms with E-state index in [1.165, 1.54) is 42.6 Å². The van der Waals surface area contributed by atoms with E-state index in [1.54, 1.807) is 0 Å². The number of pyridine rings is 1. The van der Waals surface area contributed by atoms with E-state index >= 15 is 0 Å². The molecule has 17 heavy (non-hydrogen) atoms. The number of hydrogen-bond acceptors (Lipinski definition) is 1. The number of aryl methyl sites for hydroxylation is 2. The second-order valence-corrected chi connectivity index (χ2v) is 5.50. The van der Waals surface area contributed by atoms with Crippen LogP contribution >= 0.6 is 11.8 Å². The second kappa shape index (κ2) is 9.78. The second-order valence-electron chi connectivity index (χ2n) is 4.42. The Kier molecular flexibility index (Phi) is 9.66. The van der Waals surface area contributed by atoms with E-state index in [4.69, 9.17) is 0 Å². The van der Waals surface area contributed by atoms with Gasteiger partial charge in [0.05, 0.1) is 0 Å². The quantitative estimate of drug-likeness (QED) is 0.527. The van der Waals surface area contributed by atoms with Crippen molar-refractivity contribution in [2.75, 3.05) is 5.75 Å². The maximum Gasteiger partial charge on any atom is 0.194 e. The lowest BCUT2D eigenvalue weighted by Crippen LogP contribution is -3.00. The van der Waals surface area contributed by atoms with Crippen molar-refractivity contribution < 1.29 is 17.0 Å². The summed E-state index contributed by atoms with van der Waals surface area (Å²) < 4.78 is 2.28. The first-order chi connectivity index (χ1) is 7.74. The molecule has 1 heterocycles. The molecule has 0 N–H and O–H groups in total. The lowest BCUT2D eigenvalue weighted by Gasteiger charge is -2.01. The Morgan fingerprint density at radius 3 is 2.53 bits per heavy atom. The number of thioether (sulfide) groups is 1. The van der Waals surface area contributed by atoms with Crippen molar-refractivity contribution in [3.8, 4) is 0 Å². The molecule has 0 unspecified atom stereocenters. The smallest absolute Gasteiger partial charge is 0.194 e. The normalized spacial score (nSPS) is 10.1. The number of aromatic nitrogens is 1. The Morgan fingerprint density at radius 1 is 1.12 bits per heavy atom. The molecule has 1 nitrogen and oxygen atoms in total. The van der Waals surface area contributed by atoms with E-state index in [9.17, 15) is 0 Å². The molecule has 0 spiro atoms. The molecule has 0 atom stereocenters. The molecule has 0 fully saturated rings. The minimum absolute atomic E-state index is 0. The summed E-state index contributed by atoms with van der Waals surface area (Å²) in [6.45, 7) is 6.60. The van der Waals surface area contributed by atoms with Crippen molar-refractivity contribution >= 4 is 11.8 Å². The van der Waals surface area contributed by atoms with E-state index < -0.39 is 0 Å². The Balaban J connectivity index is 0.00000256. The molecule has 0 saturated heterocycles. The van der Waals surface area contributed by atoms with Crippen molar-refractivity contribution in [2.24, 2.45) is 0 Å². The van der Waals surface area contributed by atoms with E-state index in [0.29, 0.717) is 0 Å². The first kappa shape index (κ1) is 16.8. The van der Waals surface area contributed by atoms with Crippen molar-refractivity contribution in [3.63, 3.8) is 0 Å². The first-order valence-electron chi connectivity index (χ1n) is 6.28. The van der Waals surface area contributed by atoms with Gasteiger partial charge in [-0.3, -0.25) is 0 Å². The summed E-state index contributed by atoms with van der Waals surface area (Å²) in [7, 11) is 0. The Hall–Kier alpha value is -0.210. The van der Waals surface area contributed by atoms with Crippen LogP contribution in [-0.2, 0) is 5.88 Å².